The van der Waals surface area contributed by atoms with Gasteiger partial charge >= 0.3 is 12.0 Å². The van der Waals surface area contributed by atoms with Crippen molar-refractivity contribution in [3.05, 3.63) is 0 Å². The summed E-state index contributed by atoms with van der Waals surface area (Å²) in [4.78, 5) is 23.5. The van der Waals surface area contributed by atoms with Gasteiger partial charge in [-0.1, -0.05) is 0 Å². The van der Waals surface area contributed by atoms with Crippen LogP contribution in [-0.4, -0.2) is 53.6 Å². The lowest BCUT2D eigenvalue weighted by Crippen LogP contribution is -2.42. The number of hydrogen-bond acceptors (Lipinski definition) is 3. The van der Waals surface area contributed by atoms with E-state index in [4.69, 9.17) is 5.11 Å². The van der Waals surface area contributed by atoms with Gasteiger partial charge in [0.1, 0.15) is 0 Å². The topological polar surface area (TPSA) is 69.6 Å². The summed E-state index contributed by atoms with van der Waals surface area (Å²) in [7, 11) is 1.68. The zero-order valence-corrected chi connectivity index (χ0v) is 11.5. The highest BCUT2D eigenvalue weighted by molar-refractivity contribution is 7.98. The minimum atomic E-state index is -0.827. The van der Waals surface area contributed by atoms with Crippen LogP contribution in [0.4, 0.5) is 4.79 Å². The Labute approximate surface area is 107 Å². The van der Waals surface area contributed by atoms with Gasteiger partial charge in [-0.25, -0.2) is 4.79 Å². The summed E-state index contributed by atoms with van der Waals surface area (Å²) in [6, 6.07) is 0.0147. The third kappa shape index (κ3) is 8.85. The number of urea groups is 1. The fraction of sp³-hybridized carbons (Fsp3) is 0.818. The molecule has 0 fully saturated rings. The molecule has 0 saturated carbocycles. The van der Waals surface area contributed by atoms with Crippen molar-refractivity contribution in [2.75, 3.05) is 25.6 Å². The molecule has 0 aliphatic heterocycles. The number of carbonyl (C=O) groups is 2. The maximum Gasteiger partial charge on any atom is 0.317 e. The smallest absolute Gasteiger partial charge is 0.317 e. The molecule has 0 aromatic heterocycles. The first kappa shape index (κ1) is 16.1. The Morgan fingerprint density at radius 3 is 2.65 bits per heavy atom. The van der Waals surface area contributed by atoms with Crippen LogP contribution in [0.25, 0.3) is 0 Å². The number of amides is 2. The van der Waals surface area contributed by atoms with E-state index in [1.807, 2.05) is 13.2 Å². The van der Waals surface area contributed by atoms with Crippen molar-refractivity contribution in [1.29, 1.82) is 0 Å². The largest absolute Gasteiger partial charge is 0.481 e. The third-order valence-corrected chi connectivity index (χ3v) is 3.00. The molecule has 0 spiro atoms. The van der Waals surface area contributed by atoms with E-state index in [9.17, 15) is 9.59 Å². The van der Waals surface area contributed by atoms with Crippen LogP contribution in [0.5, 0.6) is 0 Å². The molecule has 0 aliphatic rings. The van der Waals surface area contributed by atoms with Gasteiger partial charge in [0.25, 0.3) is 0 Å². The molecule has 1 atom stereocenters. The highest BCUT2D eigenvalue weighted by atomic mass is 32.2. The first-order chi connectivity index (χ1) is 7.97. The second kappa shape index (κ2) is 9.15. The van der Waals surface area contributed by atoms with Gasteiger partial charge in [0.2, 0.25) is 0 Å². The highest BCUT2D eigenvalue weighted by Gasteiger charge is 2.11. The molecule has 0 heterocycles. The second-order valence-electron chi connectivity index (χ2n) is 4.05. The molecule has 2 N–H and O–H groups in total. The van der Waals surface area contributed by atoms with Gasteiger partial charge in [0.05, 0.1) is 0 Å². The number of carbonyl (C=O) groups excluding carboxylic acids is 1. The standard InChI is InChI=1S/C11H22N2O3S/c1-9(6-8-17-3)12-11(16)13(2)7-4-5-10(14)15/h9H,4-8H2,1-3H3,(H,12,16)(H,14,15). The fourth-order valence-corrected chi connectivity index (χ4v) is 1.85. The maximum atomic E-state index is 11.7. The molecule has 0 saturated heterocycles. The Balaban J connectivity index is 3.76. The van der Waals surface area contributed by atoms with E-state index in [1.165, 1.54) is 4.90 Å². The molecule has 0 aliphatic carbocycles. The van der Waals surface area contributed by atoms with Crippen LogP contribution >= 0.6 is 11.8 Å². The average Bonchev–Trinajstić information content (AvgIpc) is 2.25. The zero-order valence-electron chi connectivity index (χ0n) is 10.7. The lowest BCUT2D eigenvalue weighted by atomic mass is 10.2. The maximum absolute atomic E-state index is 11.7. The van der Waals surface area contributed by atoms with E-state index in [2.05, 4.69) is 5.32 Å². The number of rotatable bonds is 8. The van der Waals surface area contributed by atoms with Crippen LogP contribution in [0.3, 0.4) is 0 Å². The van der Waals surface area contributed by atoms with E-state index in [0.29, 0.717) is 13.0 Å². The molecule has 1 unspecified atom stereocenters. The number of nitrogens with zero attached hydrogens (tertiary/aromatic N) is 1. The summed E-state index contributed by atoms with van der Waals surface area (Å²) in [5, 5.41) is 11.4. The van der Waals surface area contributed by atoms with Crippen molar-refractivity contribution < 1.29 is 14.7 Å². The van der Waals surface area contributed by atoms with Crippen LogP contribution in [0.2, 0.25) is 0 Å². The van der Waals surface area contributed by atoms with Gasteiger partial charge < -0.3 is 15.3 Å². The van der Waals surface area contributed by atoms with Gasteiger partial charge in [0.15, 0.2) is 0 Å². The van der Waals surface area contributed by atoms with E-state index in [-0.39, 0.29) is 18.5 Å². The van der Waals surface area contributed by atoms with Crippen molar-refractivity contribution in [2.24, 2.45) is 0 Å². The Kier molecular flexibility index (Phi) is 8.66. The summed E-state index contributed by atoms with van der Waals surface area (Å²) in [5.41, 5.74) is 0. The van der Waals surface area contributed by atoms with Crippen molar-refractivity contribution in [2.45, 2.75) is 32.2 Å². The molecular formula is C11H22N2O3S. The molecule has 17 heavy (non-hydrogen) atoms. The Hall–Kier alpha value is -0.910. The number of aliphatic carboxylic acids is 1. The number of carboxylic acids is 1. The number of carboxylic acid groups (broad SMARTS) is 1. The van der Waals surface area contributed by atoms with Crippen molar-refractivity contribution in [3.8, 4) is 0 Å². The lowest BCUT2D eigenvalue weighted by molar-refractivity contribution is -0.137. The van der Waals surface area contributed by atoms with Crippen LogP contribution in [0.1, 0.15) is 26.2 Å². The van der Waals surface area contributed by atoms with E-state index >= 15 is 0 Å². The molecule has 0 bridgehead atoms. The van der Waals surface area contributed by atoms with E-state index < -0.39 is 5.97 Å². The summed E-state index contributed by atoms with van der Waals surface area (Å²) in [5.74, 6) is 0.191. The van der Waals surface area contributed by atoms with Gasteiger partial charge in [0, 0.05) is 26.1 Å². The minimum Gasteiger partial charge on any atom is -0.481 e. The summed E-state index contributed by atoms with van der Waals surface area (Å²) in [6.07, 6.45) is 3.56. The van der Waals surface area contributed by atoms with Gasteiger partial charge in [-0.3, -0.25) is 4.79 Å². The Bertz CT molecular complexity index is 249. The van der Waals surface area contributed by atoms with Crippen LogP contribution in [0.15, 0.2) is 0 Å². The van der Waals surface area contributed by atoms with E-state index in [0.717, 1.165) is 12.2 Å². The predicted molar refractivity (Wildman–Crippen MR) is 70.5 cm³/mol. The Morgan fingerprint density at radius 2 is 2.12 bits per heavy atom. The molecule has 2 amide bonds. The predicted octanol–water partition coefficient (Wildman–Crippen LogP) is 1.63. The molecule has 6 heteroatoms. The molecule has 0 rings (SSSR count). The zero-order chi connectivity index (χ0) is 13.3. The lowest BCUT2D eigenvalue weighted by Gasteiger charge is -2.21. The molecule has 100 valence electrons. The van der Waals surface area contributed by atoms with Crippen LogP contribution < -0.4 is 5.32 Å². The number of nitrogens with one attached hydrogen (secondary N) is 1. The summed E-state index contributed by atoms with van der Waals surface area (Å²) < 4.78 is 0. The van der Waals surface area contributed by atoms with Crippen molar-refractivity contribution >= 4 is 23.8 Å². The monoisotopic (exact) mass is 262 g/mol. The first-order valence-corrected chi connectivity index (χ1v) is 7.09. The molecule has 5 nitrogen and oxygen atoms in total. The van der Waals surface area contributed by atoms with Gasteiger partial charge in [-0.05, 0) is 31.8 Å². The summed E-state index contributed by atoms with van der Waals surface area (Å²) >= 11 is 1.75. The third-order valence-electron chi connectivity index (χ3n) is 2.36. The fourth-order valence-electron chi connectivity index (χ4n) is 1.26. The van der Waals surface area contributed by atoms with Gasteiger partial charge in [-0.15, -0.1) is 0 Å². The van der Waals surface area contributed by atoms with E-state index in [1.54, 1.807) is 18.8 Å². The van der Waals surface area contributed by atoms with Crippen LogP contribution in [-0.2, 0) is 4.79 Å². The quantitative estimate of drug-likeness (QED) is 0.697. The first-order valence-electron chi connectivity index (χ1n) is 5.69. The highest BCUT2D eigenvalue weighted by Crippen LogP contribution is 2.01. The number of thioether (sulfide) groups is 1. The molecule has 0 aromatic carbocycles. The molecule has 0 aromatic rings. The number of hydrogen-bond donors (Lipinski definition) is 2. The van der Waals surface area contributed by atoms with Crippen LogP contribution in [0, 0.1) is 0 Å². The second-order valence-corrected chi connectivity index (χ2v) is 5.04. The Morgan fingerprint density at radius 1 is 1.47 bits per heavy atom. The summed E-state index contributed by atoms with van der Waals surface area (Å²) in [6.45, 7) is 2.44. The molecule has 0 radical (unpaired) electrons. The van der Waals surface area contributed by atoms with Gasteiger partial charge in [-0.2, -0.15) is 11.8 Å². The normalized spacial score (nSPS) is 11.9. The minimum absolute atomic E-state index is 0.0969. The van der Waals surface area contributed by atoms with Crippen molar-refractivity contribution in [1.82, 2.24) is 10.2 Å². The molecular weight excluding hydrogens is 240 g/mol. The SMILES string of the molecule is CSCCC(C)NC(=O)N(C)CCCC(=O)O. The van der Waals surface area contributed by atoms with Crippen molar-refractivity contribution in [3.63, 3.8) is 0 Å². The average molecular weight is 262 g/mol.